The van der Waals surface area contributed by atoms with Gasteiger partial charge >= 0.3 is 0 Å². The molecule has 20 heavy (non-hydrogen) atoms. The summed E-state index contributed by atoms with van der Waals surface area (Å²) in [4.78, 5) is 0. The summed E-state index contributed by atoms with van der Waals surface area (Å²) in [6.45, 7) is 4.15. The second-order valence-electron chi connectivity index (χ2n) is 5.03. The summed E-state index contributed by atoms with van der Waals surface area (Å²) >= 11 is 3.46. The first-order valence-electron chi connectivity index (χ1n) is 6.87. The Kier molecular flexibility index (Phi) is 5.21. The third kappa shape index (κ3) is 4.09. The fourth-order valence-corrected chi connectivity index (χ4v) is 2.51. The van der Waals surface area contributed by atoms with Crippen molar-refractivity contribution < 1.29 is 4.74 Å². The van der Waals surface area contributed by atoms with Gasteiger partial charge in [0.05, 0.1) is 0 Å². The molecule has 2 aromatic carbocycles. The van der Waals surface area contributed by atoms with Gasteiger partial charge in [-0.3, -0.25) is 0 Å². The number of hydrogen-bond donors (Lipinski definition) is 1. The molecule has 0 fully saturated rings. The van der Waals surface area contributed by atoms with Crippen LogP contribution in [-0.2, 0) is 6.42 Å². The van der Waals surface area contributed by atoms with E-state index in [9.17, 15) is 0 Å². The lowest BCUT2D eigenvalue weighted by Gasteiger charge is -2.12. The second kappa shape index (κ2) is 6.91. The van der Waals surface area contributed by atoms with E-state index in [1.165, 1.54) is 5.56 Å². The van der Waals surface area contributed by atoms with Gasteiger partial charge < -0.3 is 10.5 Å². The monoisotopic (exact) mass is 333 g/mol. The van der Waals surface area contributed by atoms with Crippen molar-refractivity contribution in [3.05, 3.63) is 58.1 Å². The smallest absolute Gasteiger partial charge is 0.130 e. The summed E-state index contributed by atoms with van der Waals surface area (Å²) in [7, 11) is 0. The standard InChI is InChI=1S/C17H20BrNO/c1-3-15(19)10-13-5-4-6-16(11-13)20-17-8-7-14(18)9-12(17)2/h4-9,11,15H,3,10,19H2,1-2H3. The predicted molar refractivity (Wildman–Crippen MR) is 87.4 cm³/mol. The first-order valence-corrected chi connectivity index (χ1v) is 7.66. The maximum atomic E-state index is 6.00. The third-order valence-electron chi connectivity index (χ3n) is 3.29. The molecular weight excluding hydrogens is 314 g/mol. The van der Waals surface area contributed by atoms with Gasteiger partial charge in [-0.25, -0.2) is 0 Å². The van der Waals surface area contributed by atoms with Crippen LogP contribution in [0.2, 0.25) is 0 Å². The Hall–Kier alpha value is -1.32. The van der Waals surface area contributed by atoms with Crippen molar-refractivity contribution in [3.8, 4) is 11.5 Å². The predicted octanol–water partition coefficient (Wildman–Crippen LogP) is 4.83. The number of halogens is 1. The SMILES string of the molecule is CCC(N)Cc1cccc(Oc2ccc(Br)cc2C)c1. The highest BCUT2D eigenvalue weighted by Crippen LogP contribution is 2.28. The Morgan fingerprint density at radius 3 is 2.70 bits per heavy atom. The van der Waals surface area contributed by atoms with Gasteiger partial charge in [-0.2, -0.15) is 0 Å². The Labute approximate surface area is 129 Å². The molecule has 0 heterocycles. The third-order valence-corrected chi connectivity index (χ3v) is 3.78. The molecule has 0 aliphatic rings. The fourth-order valence-electron chi connectivity index (χ4n) is 2.04. The Morgan fingerprint density at radius 1 is 1.20 bits per heavy atom. The van der Waals surface area contributed by atoms with Crippen molar-refractivity contribution >= 4 is 15.9 Å². The van der Waals surface area contributed by atoms with Crippen LogP contribution in [0.1, 0.15) is 24.5 Å². The maximum absolute atomic E-state index is 6.00. The normalized spacial score (nSPS) is 12.2. The van der Waals surface area contributed by atoms with Crippen LogP contribution in [0.15, 0.2) is 46.9 Å². The van der Waals surface area contributed by atoms with Crippen LogP contribution in [0.4, 0.5) is 0 Å². The average molecular weight is 334 g/mol. The van der Waals surface area contributed by atoms with Gasteiger partial charge in [0.25, 0.3) is 0 Å². The Balaban J connectivity index is 2.15. The van der Waals surface area contributed by atoms with Crippen molar-refractivity contribution in [2.75, 3.05) is 0 Å². The summed E-state index contributed by atoms with van der Waals surface area (Å²) in [6, 6.07) is 14.4. The quantitative estimate of drug-likeness (QED) is 0.850. The molecule has 0 radical (unpaired) electrons. The number of nitrogens with two attached hydrogens (primary N) is 1. The maximum Gasteiger partial charge on any atom is 0.130 e. The number of ether oxygens (including phenoxy) is 1. The molecule has 106 valence electrons. The van der Waals surface area contributed by atoms with Crippen LogP contribution in [0.3, 0.4) is 0 Å². The lowest BCUT2D eigenvalue weighted by atomic mass is 10.0. The topological polar surface area (TPSA) is 35.2 Å². The van der Waals surface area contributed by atoms with E-state index < -0.39 is 0 Å². The largest absolute Gasteiger partial charge is 0.457 e. The van der Waals surface area contributed by atoms with E-state index >= 15 is 0 Å². The molecule has 0 aromatic heterocycles. The number of rotatable bonds is 5. The van der Waals surface area contributed by atoms with Crippen molar-refractivity contribution in [3.63, 3.8) is 0 Å². The van der Waals surface area contributed by atoms with Gasteiger partial charge in [0.1, 0.15) is 11.5 Å². The summed E-state index contributed by atoms with van der Waals surface area (Å²) in [5.74, 6) is 1.74. The summed E-state index contributed by atoms with van der Waals surface area (Å²) in [6.07, 6.45) is 1.87. The Morgan fingerprint density at radius 2 is 2.00 bits per heavy atom. The van der Waals surface area contributed by atoms with Gasteiger partial charge in [0.2, 0.25) is 0 Å². The highest BCUT2D eigenvalue weighted by atomic mass is 79.9. The zero-order chi connectivity index (χ0) is 14.5. The van der Waals surface area contributed by atoms with E-state index in [2.05, 4.69) is 35.0 Å². The van der Waals surface area contributed by atoms with E-state index in [1.807, 2.05) is 37.3 Å². The molecule has 2 nitrogen and oxygen atoms in total. The second-order valence-corrected chi connectivity index (χ2v) is 5.95. The molecule has 2 N–H and O–H groups in total. The van der Waals surface area contributed by atoms with E-state index in [4.69, 9.17) is 10.5 Å². The number of benzene rings is 2. The number of hydrogen-bond acceptors (Lipinski definition) is 2. The fraction of sp³-hybridized carbons (Fsp3) is 0.294. The molecule has 0 aliphatic heterocycles. The van der Waals surface area contributed by atoms with E-state index in [0.29, 0.717) is 0 Å². The highest BCUT2D eigenvalue weighted by Gasteiger charge is 2.05. The van der Waals surface area contributed by atoms with E-state index in [1.54, 1.807) is 0 Å². The molecule has 0 saturated carbocycles. The molecular formula is C17H20BrNO. The molecule has 1 atom stereocenters. The molecule has 1 unspecified atom stereocenters. The van der Waals surface area contributed by atoms with Crippen LogP contribution in [0.25, 0.3) is 0 Å². The van der Waals surface area contributed by atoms with Crippen molar-refractivity contribution in [2.24, 2.45) is 5.73 Å². The van der Waals surface area contributed by atoms with Crippen molar-refractivity contribution in [1.82, 2.24) is 0 Å². The van der Waals surface area contributed by atoms with Crippen LogP contribution >= 0.6 is 15.9 Å². The minimum Gasteiger partial charge on any atom is -0.457 e. The van der Waals surface area contributed by atoms with Crippen molar-refractivity contribution in [2.45, 2.75) is 32.7 Å². The summed E-state index contributed by atoms with van der Waals surface area (Å²) in [5.41, 5.74) is 8.32. The van der Waals surface area contributed by atoms with Gasteiger partial charge in [-0.15, -0.1) is 0 Å². The molecule has 2 aromatic rings. The molecule has 3 heteroatoms. The minimum absolute atomic E-state index is 0.208. The number of aryl methyl sites for hydroxylation is 1. The lowest BCUT2D eigenvalue weighted by molar-refractivity contribution is 0.477. The first-order chi connectivity index (χ1) is 9.58. The zero-order valence-corrected chi connectivity index (χ0v) is 13.5. The van der Waals surface area contributed by atoms with Gasteiger partial charge in [0, 0.05) is 10.5 Å². The average Bonchev–Trinajstić information content (AvgIpc) is 2.42. The lowest BCUT2D eigenvalue weighted by Crippen LogP contribution is -2.21. The highest BCUT2D eigenvalue weighted by molar-refractivity contribution is 9.10. The molecule has 2 rings (SSSR count). The first kappa shape index (κ1) is 15.1. The Bertz CT molecular complexity index is 583. The van der Waals surface area contributed by atoms with Gasteiger partial charge in [-0.05, 0) is 61.2 Å². The van der Waals surface area contributed by atoms with Crippen LogP contribution in [0, 0.1) is 6.92 Å². The minimum atomic E-state index is 0.208. The molecule has 0 amide bonds. The summed E-state index contributed by atoms with van der Waals surface area (Å²) in [5, 5.41) is 0. The molecule has 0 spiro atoms. The molecule has 0 bridgehead atoms. The van der Waals surface area contributed by atoms with Crippen LogP contribution < -0.4 is 10.5 Å². The zero-order valence-electron chi connectivity index (χ0n) is 11.9. The van der Waals surface area contributed by atoms with Crippen LogP contribution in [0.5, 0.6) is 11.5 Å². The van der Waals surface area contributed by atoms with Crippen molar-refractivity contribution in [1.29, 1.82) is 0 Å². The van der Waals surface area contributed by atoms with Crippen LogP contribution in [-0.4, -0.2) is 6.04 Å². The van der Waals surface area contributed by atoms with Gasteiger partial charge in [0.15, 0.2) is 0 Å². The summed E-state index contributed by atoms with van der Waals surface area (Å²) < 4.78 is 7.02. The molecule has 0 aliphatic carbocycles. The molecule has 0 saturated heterocycles. The van der Waals surface area contributed by atoms with E-state index in [0.717, 1.165) is 34.4 Å². The van der Waals surface area contributed by atoms with E-state index in [-0.39, 0.29) is 6.04 Å². The van der Waals surface area contributed by atoms with Gasteiger partial charge in [-0.1, -0.05) is 35.0 Å².